The van der Waals surface area contributed by atoms with Crippen molar-refractivity contribution in [1.82, 2.24) is 4.90 Å². The third-order valence-corrected chi connectivity index (χ3v) is 4.83. The number of nitrogens with zero attached hydrogens (tertiary/aromatic N) is 1. The summed E-state index contributed by atoms with van der Waals surface area (Å²) in [5, 5.41) is 11.1. The number of rotatable bonds is 3. The number of hydrogen-bond donors (Lipinski definition) is 1. The van der Waals surface area contributed by atoms with Crippen molar-refractivity contribution in [2.45, 2.75) is 39.2 Å². The molecular formula is C14H19NO3S. The number of carbonyl (C=O) groups is 2. The van der Waals surface area contributed by atoms with E-state index in [0.29, 0.717) is 13.0 Å². The fourth-order valence-corrected chi connectivity index (χ4v) is 3.64. The van der Waals surface area contributed by atoms with Crippen LogP contribution in [0.5, 0.6) is 0 Å². The summed E-state index contributed by atoms with van der Waals surface area (Å²) in [5.74, 6) is -1.25. The van der Waals surface area contributed by atoms with Gasteiger partial charge in [0.1, 0.15) is 0 Å². The highest BCUT2D eigenvalue weighted by Crippen LogP contribution is 2.28. The Labute approximate surface area is 117 Å². The average Bonchev–Trinajstić information content (AvgIpc) is 2.86. The number of carboxylic acid groups (broad SMARTS) is 1. The van der Waals surface area contributed by atoms with Gasteiger partial charge in [-0.3, -0.25) is 9.59 Å². The second kappa shape index (κ2) is 5.74. The van der Waals surface area contributed by atoms with Crippen LogP contribution in [0.3, 0.4) is 0 Å². The molecule has 0 spiro atoms. The summed E-state index contributed by atoms with van der Waals surface area (Å²) in [6, 6.07) is 1.74. The second-order valence-corrected chi connectivity index (χ2v) is 5.87. The first-order chi connectivity index (χ1) is 9.06. The van der Waals surface area contributed by atoms with E-state index >= 15 is 0 Å². The predicted octanol–water partition coefficient (Wildman–Crippen LogP) is 2.64. The van der Waals surface area contributed by atoms with Crippen LogP contribution >= 0.6 is 11.3 Å². The maximum Gasteiger partial charge on any atom is 0.308 e. The molecule has 104 valence electrons. The Morgan fingerprint density at radius 2 is 2.26 bits per heavy atom. The summed E-state index contributed by atoms with van der Waals surface area (Å²) < 4.78 is 0. The molecule has 0 radical (unpaired) electrons. The van der Waals surface area contributed by atoms with Gasteiger partial charge in [-0.1, -0.05) is 6.92 Å². The Balaban J connectivity index is 2.21. The molecule has 1 saturated heterocycles. The van der Waals surface area contributed by atoms with Crippen LogP contribution in [0.25, 0.3) is 0 Å². The fourth-order valence-electron chi connectivity index (χ4n) is 2.69. The monoisotopic (exact) mass is 281 g/mol. The summed E-state index contributed by atoms with van der Waals surface area (Å²) >= 11 is 1.45. The van der Waals surface area contributed by atoms with Crippen LogP contribution in [-0.2, 0) is 11.2 Å². The number of amides is 1. The minimum absolute atomic E-state index is 0.00898. The van der Waals surface area contributed by atoms with E-state index in [-0.39, 0.29) is 11.9 Å². The SMILES string of the molecule is CCc1ccsc1C(=O)N1CCC[C@H](C(=O)O)[C@@H]1C. The van der Waals surface area contributed by atoms with Crippen LogP contribution in [0.15, 0.2) is 11.4 Å². The highest BCUT2D eigenvalue weighted by Gasteiger charge is 2.36. The molecule has 5 heteroatoms. The van der Waals surface area contributed by atoms with Crippen molar-refractivity contribution < 1.29 is 14.7 Å². The van der Waals surface area contributed by atoms with Gasteiger partial charge in [-0.05, 0) is 43.2 Å². The van der Waals surface area contributed by atoms with E-state index in [1.807, 2.05) is 25.3 Å². The first-order valence-electron chi connectivity index (χ1n) is 6.66. The van der Waals surface area contributed by atoms with Crippen molar-refractivity contribution in [2.75, 3.05) is 6.54 Å². The largest absolute Gasteiger partial charge is 0.481 e. The molecule has 1 aromatic rings. The first-order valence-corrected chi connectivity index (χ1v) is 7.54. The third-order valence-electron chi connectivity index (χ3n) is 3.89. The summed E-state index contributed by atoms with van der Waals surface area (Å²) in [5.41, 5.74) is 1.06. The van der Waals surface area contributed by atoms with Crippen LogP contribution in [0, 0.1) is 5.92 Å². The van der Waals surface area contributed by atoms with E-state index in [0.717, 1.165) is 23.3 Å². The number of thiophene rings is 1. The first kappa shape index (κ1) is 14.1. The highest BCUT2D eigenvalue weighted by molar-refractivity contribution is 7.12. The van der Waals surface area contributed by atoms with E-state index in [2.05, 4.69) is 0 Å². The predicted molar refractivity (Wildman–Crippen MR) is 74.6 cm³/mol. The van der Waals surface area contributed by atoms with Crippen molar-refractivity contribution in [3.63, 3.8) is 0 Å². The van der Waals surface area contributed by atoms with E-state index in [4.69, 9.17) is 0 Å². The molecule has 2 atom stereocenters. The van der Waals surface area contributed by atoms with Gasteiger partial charge in [0.05, 0.1) is 10.8 Å². The van der Waals surface area contributed by atoms with E-state index in [1.54, 1.807) is 4.90 Å². The number of carboxylic acids is 1. The lowest BCUT2D eigenvalue weighted by molar-refractivity contribution is -0.144. The Bertz CT molecular complexity index is 483. The van der Waals surface area contributed by atoms with Crippen LogP contribution in [0.1, 0.15) is 41.9 Å². The van der Waals surface area contributed by atoms with E-state index in [1.165, 1.54) is 11.3 Å². The van der Waals surface area contributed by atoms with Crippen LogP contribution < -0.4 is 0 Å². The maximum atomic E-state index is 12.6. The Morgan fingerprint density at radius 3 is 2.89 bits per heavy atom. The molecule has 1 N–H and O–H groups in total. The Kier molecular flexibility index (Phi) is 4.24. The van der Waals surface area contributed by atoms with Crippen LogP contribution in [0.2, 0.25) is 0 Å². The number of aryl methyl sites for hydroxylation is 1. The molecule has 1 aromatic heterocycles. The third kappa shape index (κ3) is 2.66. The average molecular weight is 281 g/mol. The van der Waals surface area contributed by atoms with Crippen molar-refractivity contribution in [2.24, 2.45) is 5.92 Å². The summed E-state index contributed by atoms with van der Waals surface area (Å²) in [6.07, 6.45) is 2.25. The highest BCUT2D eigenvalue weighted by atomic mass is 32.1. The zero-order valence-electron chi connectivity index (χ0n) is 11.3. The molecule has 1 aliphatic rings. The molecule has 0 aromatic carbocycles. The number of hydrogen-bond acceptors (Lipinski definition) is 3. The molecule has 1 amide bonds. The number of carbonyl (C=O) groups excluding carboxylic acids is 1. The Hall–Kier alpha value is -1.36. The van der Waals surface area contributed by atoms with Gasteiger partial charge in [0.25, 0.3) is 5.91 Å². The topological polar surface area (TPSA) is 57.6 Å². The lowest BCUT2D eigenvalue weighted by atomic mass is 9.90. The molecule has 19 heavy (non-hydrogen) atoms. The summed E-state index contributed by atoms with van der Waals surface area (Å²) in [6.45, 7) is 4.53. The molecule has 1 fully saturated rings. The van der Waals surface area contributed by atoms with Crippen molar-refractivity contribution in [3.8, 4) is 0 Å². The minimum Gasteiger partial charge on any atom is -0.481 e. The summed E-state index contributed by atoms with van der Waals surface area (Å²) in [7, 11) is 0. The van der Waals surface area contributed by atoms with Gasteiger partial charge in [0.2, 0.25) is 0 Å². The molecule has 4 nitrogen and oxygen atoms in total. The normalized spacial score (nSPS) is 23.4. The molecule has 0 unspecified atom stereocenters. The number of likely N-dealkylation sites (tertiary alicyclic amines) is 1. The minimum atomic E-state index is -0.799. The van der Waals surface area contributed by atoms with Gasteiger partial charge >= 0.3 is 5.97 Å². The van der Waals surface area contributed by atoms with Crippen molar-refractivity contribution >= 4 is 23.2 Å². The lowest BCUT2D eigenvalue weighted by Gasteiger charge is -2.37. The molecule has 0 aliphatic carbocycles. The molecule has 0 bridgehead atoms. The van der Waals surface area contributed by atoms with E-state index in [9.17, 15) is 14.7 Å². The smallest absolute Gasteiger partial charge is 0.308 e. The van der Waals surface area contributed by atoms with Gasteiger partial charge in [-0.15, -0.1) is 11.3 Å². The van der Waals surface area contributed by atoms with Gasteiger partial charge in [-0.2, -0.15) is 0 Å². The molecule has 1 aliphatic heterocycles. The zero-order chi connectivity index (χ0) is 14.0. The number of piperidine rings is 1. The van der Waals surface area contributed by atoms with Crippen LogP contribution in [-0.4, -0.2) is 34.5 Å². The quantitative estimate of drug-likeness (QED) is 0.926. The fraction of sp³-hybridized carbons (Fsp3) is 0.571. The molecule has 2 rings (SSSR count). The van der Waals surface area contributed by atoms with Crippen LogP contribution in [0.4, 0.5) is 0 Å². The van der Waals surface area contributed by atoms with Gasteiger partial charge in [0, 0.05) is 12.6 Å². The van der Waals surface area contributed by atoms with Gasteiger partial charge in [0.15, 0.2) is 0 Å². The maximum absolute atomic E-state index is 12.6. The second-order valence-electron chi connectivity index (χ2n) is 4.95. The summed E-state index contributed by atoms with van der Waals surface area (Å²) in [4.78, 5) is 26.3. The van der Waals surface area contributed by atoms with Crippen molar-refractivity contribution in [1.29, 1.82) is 0 Å². The number of aliphatic carboxylic acids is 1. The van der Waals surface area contributed by atoms with E-state index < -0.39 is 11.9 Å². The molecule has 0 saturated carbocycles. The van der Waals surface area contributed by atoms with Gasteiger partial charge in [-0.25, -0.2) is 0 Å². The molecular weight excluding hydrogens is 262 g/mol. The Morgan fingerprint density at radius 1 is 1.53 bits per heavy atom. The molecule has 2 heterocycles. The van der Waals surface area contributed by atoms with Gasteiger partial charge < -0.3 is 10.0 Å². The zero-order valence-corrected chi connectivity index (χ0v) is 12.1. The standard InChI is InChI=1S/C14H19NO3S/c1-3-10-6-8-19-12(10)13(16)15-7-4-5-11(9(15)2)14(17)18/h6,8-9,11H,3-5,7H2,1-2H3,(H,17,18)/t9-,11-/m0/s1. The van der Waals surface area contributed by atoms with Crippen molar-refractivity contribution in [3.05, 3.63) is 21.9 Å². The lowest BCUT2D eigenvalue weighted by Crippen LogP contribution is -2.49.